The van der Waals surface area contributed by atoms with E-state index in [1.807, 2.05) is 0 Å². The number of rotatable bonds is 5. The normalized spacial score (nSPS) is 11.0. The van der Waals surface area contributed by atoms with E-state index >= 15 is 0 Å². The van der Waals surface area contributed by atoms with Gasteiger partial charge in [-0.2, -0.15) is 0 Å². The Morgan fingerprint density at radius 1 is 1.18 bits per heavy atom. The molecule has 0 spiro atoms. The van der Waals surface area contributed by atoms with Crippen molar-refractivity contribution in [1.29, 1.82) is 0 Å². The van der Waals surface area contributed by atoms with Crippen LogP contribution in [0.5, 0.6) is 0 Å². The molecule has 0 aliphatic heterocycles. The lowest BCUT2D eigenvalue weighted by molar-refractivity contribution is 0.0527. The average molecular weight is 323 g/mol. The van der Waals surface area contributed by atoms with Crippen molar-refractivity contribution in [2.75, 3.05) is 11.3 Å². The number of carbonyl (C=O) groups excluding carboxylic acids is 1. The van der Waals surface area contributed by atoms with Crippen molar-refractivity contribution >= 4 is 21.7 Å². The van der Waals surface area contributed by atoms with Crippen molar-refractivity contribution in [2.24, 2.45) is 0 Å². The number of anilines is 1. The van der Waals surface area contributed by atoms with Crippen LogP contribution in [0, 0.1) is 5.82 Å². The van der Waals surface area contributed by atoms with Gasteiger partial charge in [0, 0.05) is 0 Å². The molecule has 0 amide bonds. The Bertz CT molecular complexity index is 790. The quantitative estimate of drug-likeness (QED) is 0.859. The first kappa shape index (κ1) is 16.0. The third-order valence-corrected chi connectivity index (χ3v) is 4.14. The number of sulfonamides is 1. The summed E-state index contributed by atoms with van der Waals surface area (Å²) in [6, 6.07) is 10.6. The Balaban J connectivity index is 2.36. The van der Waals surface area contributed by atoms with Crippen LogP contribution in [0.2, 0.25) is 0 Å². The Morgan fingerprint density at radius 2 is 1.91 bits per heavy atom. The summed E-state index contributed by atoms with van der Waals surface area (Å²) >= 11 is 0. The number of halogens is 1. The molecule has 22 heavy (non-hydrogen) atoms. The van der Waals surface area contributed by atoms with Gasteiger partial charge in [0.25, 0.3) is 10.0 Å². The lowest BCUT2D eigenvalue weighted by Gasteiger charge is -2.12. The van der Waals surface area contributed by atoms with Gasteiger partial charge >= 0.3 is 5.97 Å². The van der Waals surface area contributed by atoms with E-state index in [0.29, 0.717) is 0 Å². The number of ether oxygens (including phenoxy) is 1. The molecule has 1 N–H and O–H groups in total. The van der Waals surface area contributed by atoms with E-state index < -0.39 is 21.8 Å². The molecule has 0 aromatic heterocycles. The summed E-state index contributed by atoms with van der Waals surface area (Å²) in [6.45, 7) is 1.82. The fraction of sp³-hybridized carbons (Fsp3) is 0.133. The van der Waals surface area contributed by atoms with Crippen LogP contribution in [0.3, 0.4) is 0 Å². The van der Waals surface area contributed by atoms with E-state index in [1.54, 1.807) is 19.1 Å². The molecule has 0 saturated carbocycles. The standard InChI is InChI=1S/C15H14FNO4S/c1-2-21-15(18)13-8-3-4-9-14(13)17-22(19,20)12-7-5-6-11(16)10-12/h3-10,17H,2H2,1H3. The number of esters is 1. The molecule has 0 saturated heterocycles. The second-order valence-corrected chi connectivity index (χ2v) is 6.01. The second kappa shape index (κ2) is 6.57. The minimum Gasteiger partial charge on any atom is -0.462 e. The first-order chi connectivity index (χ1) is 10.4. The van der Waals surface area contributed by atoms with Gasteiger partial charge in [0.1, 0.15) is 5.82 Å². The molecule has 5 nitrogen and oxygen atoms in total. The predicted octanol–water partition coefficient (Wildman–Crippen LogP) is 2.80. The summed E-state index contributed by atoms with van der Waals surface area (Å²) in [4.78, 5) is 11.6. The lowest BCUT2D eigenvalue weighted by atomic mass is 10.2. The third kappa shape index (κ3) is 3.62. The third-order valence-electron chi connectivity index (χ3n) is 2.77. The summed E-state index contributed by atoms with van der Waals surface area (Å²) < 4.78 is 44.8. The van der Waals surface area contributed by atoms with Gasteiger partial charge in [-0.1, -0.05) is 18.2 Å². The highest BCUT2D eigenvalue weighted by Gasteiger charge is 2.19. The topological polar surface area (TPSA) is 72.5 Å². The predicted molar refractivity (Wildman–Crippen MR) is 79.6 cm³/mol. The number of benzene rings is 2. The van der Waals surface area contributed by atoms with E-state index in [2.05, 4.69) is 4.72 Å². The first-order valence-corrected chi connectivity index (χ1v) is 7.97. The van der Waals surface area contributed by atoms with E-state index in [-0.39, 0.29) is 22.8 Å². The van der Waals surface area contributed by atoms with Crippen molar-refractivity contribution in [1.82, 2.24) is 0 Å². The van der Waals surface area contributed by atoms with Crippen LogP contribution in [0.15, 0.2) is 53.4 Å². The van der Waals surface area contributed by atoms with E-state index in [0.717, 1.165) is 12.1 Å². The van der Waals surface area contributed by atoms with Gasteiger partial charge in [-0.25, -0.2) is 17.6 Å². The van der Waals surface area contributed by atoms with E-state index in [1.165, 1.54) is 24.3 Å². The summed E-state index contributed by atoms with van der Waals surface area (Å²) in [5.74, 6) is -1.30. The summed E-state index contributed by atoms with van der Waals surface area (Å²) in [7, 11) is -4.00. The molecule has 0 bridgehead atoms. The first-order valence-electron chi connectivity index (χ1n) is 6.48. The van der Waals surface area contributed by atoms with Crippen LogP contribution < -0.4 is 4.72 Å². The van der Waals surface area contributed by atoms with Crippen LogP contribution in [0.1, 0.15) is 17.3 Å². The number of nitrogens with one attached hydrogen (secondary N) is 1. The molecule has 2 aromatic rings. The molecule has 116 valence electrons. The molecule has 0 radical (unpaired) electrons. The second-order valence-electron chi connectivity index (χ2n) is 4.33. The van der Waals surface area contributed by atoms with Crippen molar-refractivity contribution in [3.63, 3.8) is 0 Å². The molecule has 7 heteroatoms. The molecule has 0 aliphatic rings. The van der Waals surface area contributed by atoms with Crippen molar-refractivity contribution < 1.29 is 22.3 Å². The number of carbonyl (C=O) groups is 1. The maximum atomic E-state index is 13.2. The molecule has 0 heterocycles. The average Bonchev–Trinajstić information content (AvgIpc) is 2.47. The number of hydrogen-bond donors (Lipinski definition) is 1. The largest absolute Gasteiger partial charge is 0.462 e. The van der Waals surface area contributed by atoms with Gasteiger partial charge in [-0.05, 0) is 37.3 Å². The highest BCUT2D eigenvalue weighted by atomic mass is 32.2. The van der Waals surface area contributed by atoms with E-state index in [9.17, 15) is 17.6 Å². The summed E-state index contributed by atoms with van der Waals surface area (Å²) in [5, 5.41) is 0. The fourth-order valence-corrected chi connectivity index (χ4v) is 2.91. The molecule has 2 aromatic carbocycles. The molecular formula is C15H14FNO4S. The molecule has 0 atom stereocenters. The van der Waals surface area contributed by atoms with Gasteiger partial charge in [-0.15, -0.1) is 0 Å². The number of para-hydroxylation sites is 1. The molecule has 0 fully saturated rings. The Hall–Kier alpha value is -2.41. The molecule has 2 rings (SSSR count). The van der Waals surface area contributed by atoms with Gasteiger partial charge in [0.15, 0.2) is 0 Å². The molecule has 0 aliphatic carbocycles. The van der Waals surface area contributed by atoms with Crippen LogP contribution >= 0.6 is 0 Å². The summed E-state index contributed by atoms with van der Waals surface area (Å²) in [5.41, 5.74) is 0.162. The Morgan fingerprint density at radius 3 is 2.59 bits per heavy atom. The summed E-state index contributed by atoms with van der Waals surface area (Å²) in [6.07, 6.45) is 0. The van der Waals surface area contributed by atoms with Gasteiger partial charge in [0.05, 0.1) is 22.8 Å². The fourth-order valence-electron chi connectivity index (χ4n) is 1.80. The Labute approximate surface area is 127 Å². The van der Waals surface area contributed by atoms with Gasteiger partial charge in [-0.3, -0.25) is 4.72 Å². The van der Waals surface area contributed by atoms with Crippen LogP contribution in [-0.4, -0.2) is 21.0 Å². The Kier molecular flexibility index (Phi) is 4.77. The zero-order valence-electron chi connectivity index (χ0n) is 11.7. The van der Waals surface area contributed by atoms with Crippen LogP contribution in [-0.2, 0) is 14.8 Å². The lowest BCUT2D eigenvalue weighted by Crippen LogP contribution is -2.16. The minimum atomic E-state index is -4.00. The smallest absolute Gasteiger partial charge is 0.340 e. The molecular weight excluding hydrogens is 309 g/mol. The zero-order valence-corrected chi connectivity index (χ0v) is 12.6. The van der Waals surface area contributed by atoms with Crippen LogP contribution in [0.4, 0.5) is 10.1 Å². The maximum Gasteiger partial charge on any atom is 0.340 e. The van der Waals surface area contributed by atoms with Crippen LogP contribution in [0.25, 0.3) is 0 Å². The zero-order chi connectivity index (χ0) is 16.2. The maximum absolute atomic E-state index is 13.2. The van der Waals surface area contributed by atoms with E-state index in [4.69, 9.17) is 4.74 Å². The highest BCUT2D eigenvalue weighted by Crippen LogP contribution is 2.21. The minimum absolute atomic E-state index is 0.0743. The monoisotopic (exact) mass is 323 g/mol. The highest BCUT2D eigenvalue weighted by molar-refractivity contribution is 7.92. The molecule has 0 unspecified atom stereocenters. The van der Waals surface area contributed by atoms with Crippen molar-refractivity contribution in [2.45, 2.75) is 11.8 Å². The van der Waals surface area contributed by atoms with Gasteiger partial charge < -0.3 is 4.74 Å². The number of hydrogen-bond acceptors (Lipinski definition) is 4. The van der Waals surface area contributed by atoms with Gasteiger partial charge in [0.2, 0.25) is 0 Å². The van der Waals surface area contributed by atoms with Crippen molar-refractivity contribution in [3.8, 4) is 0 Å². The van der Waals surface area contributed by atoms with Crippen molar-refractivity contribution in [3.05, 3.63) is 59.9 Å². The SMILES string of the molecule is CCOC(=O)c1ccccc1NS(=O)(=O)c1cccc(F)c1.